The van der Waals surface area contributed by atoms with Crippen molar-refractivity contribution in [3.63, 3.8) is 0 Å². The summed E-state index contributed by atoms with van der Waals surface area (Å²) in [7, 11) is 0. The Kier molecular flexibility index (Phi) is 4.51. The topological polar surface area (TPSA) is 79.4 Å². The molecular formula is C16H11Cl2N3O3. The zero-order valence-corrected chi connectivity index (χ0v) is 13.8. The zero-order chi connectivity index (χ0) is 17.3. The van der Waals surface area contributed by atoms with Crippen molar-refractivity contribution in [1.29, 1.82) is 0 Å². The number of fused-ring (bicyclic) bond motifs is 1. The number of carbonyl (C=O) groups excluding carboxylic acids is 3. The molecule has 8 heteroatoms. The van der Waals surface area contributed by atoms with Crippen LogP contribution in [0.4, 0.5) is 5.69 Å². The van der Waals surface area contributed by atoms with E-state index in [1.807, 2.05) is 0 Å². The third-order valence-electron chi connectivity index (χ3n) is 3.50. The van der Waals surface area contributed by atoms with Crippen LogP contribution in [0.5, 0.6) is 0 Å². The summed E-state index contributed by atoms with van der Waals surface area (Å²) in [5.74, 6) is -1.33. The maximum atomic E-state index is 12.2. The van der Waals surface area contributed by atoms with E-state index in [4.69, 9.17) is 23.2 Å². The molecule has 0 unspecified atom stereocenters. The van der Waals surface area contributed by atoms with Gasteiger partial charge in [-0.25, -0.2) is 0 Å². The molecule has 0 radical (unpaired) electrons. The maximum absolute atomic E-state index is 12.2. The van der Waals surface area contributed by atoms with E-state index in [1.165, 1.54) is 18.3 Å². The Labute approximate surface area is 147 Å². The molecule has 1 aliphatic rings. The van der Waals surface area contributed by atoms with Crippen LogP contribution in [0.15, 0.2) is 36.5 Å². The molecule has 0 saturated heterocycles. The Morgan fingerprint density at radius 2 is 1.96 bits per heavy atom. The van der Waals surface area contributed by atoms with E-state index in [0.29, 0.717) is 15.7 Å². The number of nitrogens with one attached hydrogen (secondary N) is 1. The molecule has 1 aromatic carbocycles. The van der Waals surface area contributed by atoms with Crippen molar-refractivity contribution in [3.05, 3.63) is 57.8 Å². The fraction of sp³-hybridized carbons (Fsp3) is 0.125. The van der Waals surface area contributed by atoms with Crippen LogP contribution in [-0.4, -0.2) is 34.2 Å². The van der Waals surface area contributed by atoms with E-state index in [-0.39, 0.29) is 30.1 Å². The number of anilines is 1. The minimum atomic E-state index is -0.496. The number of hydrogen-bond donors (Lipinski definition) is 1. The van der Waals surface area contributed by atoms with Crippen molar-refractivity contribution in [3.8, 4) is 0 Å². The number of rotatable bonds is 4. The number of imide groups is 1. The van der Waals surface area contributed by atoms with Gasteiger partial charge in [-0.05, 0) is 30.3 Å². The highest BCUT2D eigenvalue weighted by Gasteiger charge is 2.36. The zero-order valence-electron chi connectivity index (χ0n) is 12.3. The second kappa shape index (κ2) is 6.59. The van der Waals surface area contributed by atoms with Gasteiger partial charge in [0.25, 0.3) is 11.8 Å². The van der Waals surface area contributed by atoms with Crippen LogP contribution in [0.1, 0.15) is 27.3 Å². The molecule has 0 atom stereocenters. The van der Waals surface area contributed by atoms with Crippen molar-refractivity contribution in [1.82, 2.24) is 9.88 Å². The minimum Gasteiger partial charge on any atom is -0.325 e. The predicted octanol–water partition coefficient (Wildman–Crippen LogP) is 3.01. The molecule has 1 aromatic heterocycles. The number of halogens is 2. The highest BCUT2D eigenvalue weighted by Crippen LogP contribution is 2.26. The van der Waals surface area contributed by atoms with Gasteiger partial charge in [0, 0.05) is 24.2 Å². The third kappa shape index (κ3) is 3.11. The monoisotopic (exact) mass is 363 g/mol. The molecule has 0 bridgehead atoms. The molecule has 2 aromatic rings. The van der Waals surface area contributed by atoms with Gasteiger partial charge in [0.05, 0.1) is 16.3 Å². The van der Waals surface area contributed by atoms with Crippen LogP contribution in [-0.2, 0) is 4.79 Å². The number of aromatic nitrogens is 1. The van der Waals surface area contributed by atoms with E-state index in [0.717, 1.165) is 4.90 Å². The van der Waals surface area contributed by atoms with Crippen LogP contribution in [0.25, 0.3) is 0 Å². The van der Waals surface area contributed by atoms with Gasteiger partial charge in [0.15, 0.2) is 0 Å². The summed E-state index contributed by atoms with van der Waals surface area (Å²) >= 11 is 11.8. The van der Waals surface area contributed by atoms with Crippen LogP contribution in [0.3, 0.4) is 0 Å². The van der Waals surface area contributed by atoms with Gasteiger partial charge in [-0.3, -0.25) is 24.3 Å². The smallest absolute Gasteiger partial charge is 0.280 e. The lowest BCUT2D eigenvalue weighted by Gasteiger charge is -2.13. The SMILES string of the molecule is O=C(CCN1C(=O)c2cccnc2C1=O)Nc1cc(Cl)ccc1Cl. The van der Waals surface area contributed by atoms with Crippen LogP contribution in [0.2, 0.25) is 10.0 Å². The first-order chi connectivity index (χ1) is 11.5. The standard InChI is InChI=1S/C16H11Cl2N3O3/c17-9-3-4-11(18)12(8-9)20-13(22)5-7-21-15(23)10-2-1-6-19-14(10)16(21)24/h1-4,6,8H,5,7H2,(H,20,22). The molecule has 1 aliphatic heterocycles. The predicted molar refractivity (Wildman–Crippen MR) is 89.3 cm³/mol. The third-order valence-corrected chi connectivity index (χ3v) is 4.06. The van der Waals surface area contributed by atoms with E-state index < -0.39 is 11.8 Å². The molecule has 0 spiro atoms. The minimum absolute atomic E-state index is 0.0436. The second-order valence-corrected chi connectivity index (χ2v) is 5.93. The molecule has 2 heterocycles. The first-order valence-electron chi connectivity index (χ1n) is 7.03. The number of benzene rings is 1. The summed E-state index contributed by atoms with van der Waals surface area (Å²) in [6.45, 7) is -0.0436. The average Bonchev–Trinajstić information content (AvgIpc) is 2.81. The molecule has 1 N–H and O–H groups in total. The summed E-state index contributed by atoms with van der Waals surface area (Å²) in [5, 5.41) is 3.38. The van der Waals surface area contributed by atoms with Crippen LogP contribution < -0.4 is 5.32 Å². The maximum Gasteiger partial charge on any atom is 0.280 e. The summed E-state index contributed by atoms with van der Waals surface area (Å²) in [4.78, 5) is 41.3. The highest BCUT2D eigenvalue weighted by molar-refractivity contribution is 6.35. The van der Waals surface area contributed by atoms with E-state index >= 15 is 0 Å². The molecule has 6 nitrogen and oxygen atoms in total. The quantitative estimate of drug-likeness (QED) is 0.846. The van der Waals surface area contributed by atoms with Gasteiger partial charge in [0.1, 0.15) is 5.69 Å². The normalized spacial score (nSPS) is 13.2. The number of amides is 3. The first kappa shape index (κ1) is 16.4. The number of pyridine rings is 1. The Bertz CT molecular complexity index is 819. The summed E-state index contributed by atoms with van der Waals surface area (Å²) in [5.41, 5.74) is 0.736. The molecule has 122 valence electrons. The Balaban J connectivity index is 1.64. The molecule has 0 fully saturated rings. The molecule has 0 saturated carbocycles. The fourth-order valence-corrected chi connectivity index (χ4v) is 2.67. The van der Waals surface area contributed by atoms with Crippen molar-refractivity contribution in [2.24, 2.45) is 0 Å². The summed E-state index contributed by atoms with van der Waals surface area (Å²) in [6, 6.07) is 7.81. The molecule has 3 amide bonds. The highest BCUT2D eigenvalue weighted by atomic mass is 35.5. The lowest BCUT2D eigenvalue weighted by molar-refractivity contribution is -0.116. The Hall–Kier alpha value is -2.44. The lowest BCUT2D eigenvalue weighted by atomic mass is 10.2. The van der Waals surface area contributed by atoms with E-state index in [9.17, 15) is 14.4 Å². The number of carbonyl (C=O) groups is 3. The van der Waals surface area contributed by atoms with Gasteiger partial charge in [-0.1, -0.05) is 23.2 Å². The Morgan fingerprint density at radius 3 is 2.71 bits per heavy atom. The number of hydrogen-bond acceptors (Lipinski definition) is 4. The van der Waals surface area contributed by atoms with E-state index in [2.05, 4.69) is 10.3 Å². The van der Waals surface area contributed by atoms with Crippen LogP contribution in [0, 0.1) is 0 Å². The van der Waals surface area contributed by atoms with Gasteiger partial charge >= 0.3 is 0 Å². The molecule has 3 rings (SSSR count). The van der Waals surface area contributed by atoms with Crippen LogP contribution >= 0.6 is 23.2 Å². The summed E-state index contributed by atoms with van der Waals surface area (Å²) in [6.07, 6.45) is 1.38. The van der Waals surface area contributed by atoms with E-state index in [1.54, 1.807) is 18.2 Å². The summed E-state index contributed by atoms with van der Waals surface area (Å²) < 4.78 is 0. The van der Waals surface area contributed by atoms with Crippen molar-refractivity contribution in [2.75, 3.05) is 11.9 Å². The number of nitrogens with zero attached hydrogens (tertiary/aromatic N) is 2. The van der Waals surface area contributed by atoms with Crippen molar-refractivity contribution >= 4 is 46.6 Å². The van der Waals surface area contributed by atoms with Gasteiger partial charge in [-0.2, -0.15) is 0 Å². The second-order valence-electron chi connectivity index (χ2n) is 5.08. The largest absolute Gasteiger partial charge is 0.325 e. The molecule has 24 heavy (non-hydrogen) atoms. The lowest BCUT2D eigenvalue weighted by Crippen LogP contribution is -2.33. The van der Waals surface area contributed by atoms with Crippen molar-refractivity contribution < 1.29 is 14.4 Å². The Morgan fingerprint density at radius 1 is 1.17 bits per heavy atom. The first-order valence-corrected chi connectivity index (χ1v) is 7.79. The average molecular weight is 364 g/mol. The fourth-order valence-electron chi connectivity index (χ4n) is 2.34. The molecule has 0 aliphatic carbocycles. The van der Waals surface area contributed by atoms with Gasteiger partial charge in [-0.15, -0.1) is 0 Å². The van der Waals surface area contributed by atoms with Gasteiger partial charge < -0.3 is 5.32 Å². The van der Waals surface area contributed by atoms with Crippen molar-refractivity contribution in [2.45, 2.75) is 6.42 Å². The molecular weight excluding hydrogens is 353 g/mol. The van der Waals surface area contributed by atoms with Gasteiger partial charge in [0.2, 0.25) is 5.91 Å².